The molecule has 1 saturated heterocycles. The average molecular weight is 386 g/mol. The molecule has 0 bridgehead atoms. The fraction of sp³-hybridized carbons (Fsp3) is 0.280. The molecule has 0 spiro atoms. The van der Waals surface area contributed by atoms with Crippen molar-refractivity contribution < 1.29 is 5.11 Å². The normalized spacial score (nSPS) is 16.4. The summed E-state index contributed by atoms with van der Waals surface area (Å²) in [6.45, 7) is 4.95. The van der Waals surface area contributed by atoms with Crippen LogP contribution in [0.5, 0.6) is 0 Å². The van der Waals surface area contributed by atoms with Crippen LogP contribution in [0.1, 0.15) is 22.6 Å². The molecule has 0 unspecified atom stereocenters. The fourth-order valence-corrected chi connectivity index (χ4v) is 4.75. The summed E-state index contributed by atoms with van der Waals surface area (Å²) < 4.78 is 0. The van der Waals surface area contributed by atoms with Crippen molar-refractivity contribution in [3.05, 3.63) is 89.5 Å². The number of aliphatic hydroxyl groups excluding tert-OH is 1. The van der Waals surface area contributed by atoms with E-state index in [1.165, 1.54) is 33.8 Å². The van der Waals surface area contributed by atoms with Crippen molar-refractivity contribution >= 4 is 17.1 Å². The molecule has 5 rings (SSSR count). The number of fused-ring (bicyclic) bond motifs is 2. The maximum atomic E-state index is 9.66. The number of piperazine rings is 1. The van der Waals surface area contributed by atoms with Gasteiger partial charge in [0.2, 0.25) is 0 Å². The van der Waals surface area contributed by atoms with E-state index in [0.29, 0.717) is 6.54 Å². The van der Waals surface area contributed by atoms with Crippen LogP contribution < -0.4 is 15.1 Å². The van der Waals surface area contributed by atoms with Crippen LogP contribution >= 0.6 is 0 Å². The molecule has 0 saturated carbocycles. The summed E-state index contributed by atoms with van der Waals surface area (Å²) in [5, 5.41) is 13.1. The van der Waals surface area contributed by atoms with E-state index >= 15 is 0 Å². The SMILES string of the molecule is OCCN1c2ccccc2C(c2ccc(N3CCNCC3)cc2)c2ccccc21. The maximum absolute atomic E-state index is 9.66. The van der Waals surface area contributed by atoms with Gasteiger partial charge >= 0.3 is 0 Å². The molecular weight excluding hydrogens is 358 g/mol. The highest BCUT2D eigenvalue weighted by molar-refractivity contribution is 5.78. The average Bonchev–Trinajstić information content (AvgIpc) is 2.80. The first-order chi connectivity index (χ1) is 14.4. The van der Waals surface area contributed by atoms with Crippen molar-refractivity contribution in [1.82, 2.24) is 5.32 Å². The minimum atomic E-state index is 0.132. The first-order valence-corrected chi connectivity index (χ1v) is 10.5. The second-order valence-electron chi connectivity index (χ2n) is 7.75. The van der Waals surface area contributed by atoms with Gasteiger partial charge in [-0.3, -0.25) is 0 Å². The summed E-state index contributed by atoms with van der Waals surface area (Å²) in [7, 11) is 0. The van der Waals surface area contributed by atoms with E-state index in [4.69, 9.17) is 0 Å². The summed E-state index contributed by atoms with van der Waals surface area (Å²) in [6, 6.07) is 26.3. The third-order valence-corrected chi connectivity index (χ3v) is 6.11. The van der Waals surface area contributed by atoms with E-state index < -0.39 is 0 Å². The smallest absolute Gasteiger partial charge is 0.0610 e. The van der Waals surface area contributed by atoms with Crippen LogP contribution in [0.15, 0.2) is 72.8 Å². The third-order valence-electron chi connectivity index (χ3n) is 6.11. The highest BCUT2D eigenvalue weighted by atomic mass is 16.3. The van der Waals surface area contributed by atoms with Crippen molar-refractivity contribution in [3.63, 3.8) is 0 Å². The van der Waals surface area contributed by atoms with Gasteiger partial charge in [-0.1, -0.05) is 48.5 Å². The predicted octanol–water partition coefficient (Wildman–Crippen LogP) is 3.72. The Morgan fingerprint density at radius 3 is 1.97 bits per heavy atom. The van der Waals surface area contributed by atoms with Crippen molar-refractivity contribution in [3.8, 4) is 0 Å². The number of para-hydroxylation sites is 2. The van der Waals surface area contributed by atoms with Gasteiger partial charge in [0.05, 0.1) is 6.61 Å². The highest BCUT2D eigenvalue weighted by Crippen LogP contribution is 2.48. The molecule has 0 aromatic heterocycles. The Kier molecular flexibility index (Phi) is 4.96. The summed E-state index contributed by atoms with van der Waals surface area (Å²) in [6.07, 6.45) is 0. The molecule has 2 aliphatic heterocycles. The molecule has 2 N–H and O–H groups in total. The van der Waals surface area contributed by atoms with Gasteiger partial charge in [-0.05, 0) is 41.0 Å². The molecule has 3 aromatic carbocycles. The second kappa shape index (κ2) is 7.90. The van der Waals surface area contributed by atoms with Gasteiger partial charge in [0.25, 0.3) is 0 Å². The lowest BCUT2D eigenvalue weighted by molar-refractivity contribution is 0.305. The number of nitrogens with one attached hydrogen (secondary N) is 1. The van der Waals surface area contributed by atoms with E-state index in [-0.39, 0.29) is 12.5 Å². The third kappa shape index (κ3) is 3.28. The summed E-state index contributed by atoms with van der Waals surface area (Å²) in [5.74, 6) is 0.203. The van der Waals surface area contributed by atoms with Crippen LogP contribution in [0.2, 0.25) is 0 Å². The Morgan fingerprint density at radius 1 is 0.793 bits per heavy atom. The van der Waals surface area contributed by atoms with Crippen LogP contribution in [0.4, 0.5) is 17.1 Å². The van der Waals surface area contributed by atoms with Crippen molar-refractivity contribution in [2.45, 2.75) is 5.92 Å². The molecule has 0 atom stereocenters. The monoisotopic (exact) mass is 385 g/mol. The molecule has 2 aliphatic rings. The zero-order chi connectivity index (χ0) is 19.6. The first kappa shape index (κ1) is 18.2. The van der Waals surface area contributed by atoms with Gasteiger partial charge < -0.3 is 20.2 Å². The minimum absolute atomic E-state index is 0.132. The van der Waals surface area contributed by atoms with Crippen molar-refractivity contribution in [2.24, 2.45) is 0 Å². The molecule has 2 heterocycles. The lowest BCUT2D eigenvalue weighted by atomic mass is 9.80. The quantitative estimate of drug-likeness (QED) is 0.718. The predicted molar refractivity (Wildman–Crippen MR) is 119 cm³/mol. The number of nitrogens with zero attached hydrogens (tertiary/aromatic N) is 2. The van der Waals surface area contributed by atoms with E-state index in [2.05, 4.69) is 87.9 Å². The number of rotatable bonds is 4. The van der Waals surface area contributed by atoms with Gasteiger partial charge in [0.1, 0.15) is 0 Å². The van der Waals surface area contributed by atoms with Gasteiger partial charge in [0, 0.05) is 55.7 Å². The Bertz CT molecular complexity index is 932. The molecule has 0 aliphatic carbocycles. The van der Waals surface area contributed by atoms with E-state index in [0.717, 1.165) is 26.2 Å². The minimum Gasteiger partial charge on any atom is -0.395 e. The first-order valence-electron chi connectivity index (χ1n) is 10.5. The molecule has 0 amide bonds. The summed E-state index contributed by atoms with van der Waals surface area (Å²) >= 11 is 0. The van der Waals surface area contributed by atoms with Crippen molar-refractivity contribution in [2.75, 3.05) is 49.1 Å². The number of anilines is 3. The zero-order valence-corrected chi connectivity index (χ0v) is 16.6. The van der Waals surface area contributed by atoms with Gasteiger partial charge in [-0.2, -0.15) is 0 Å². The van der Waals surface area contributed by atoms with Gasteiger partial charge in [-0.25, -0.2) is 0 Å². The topological polar surface area (TPSA) is 38.7 Å². The number of hydrogen-bond donors (Lipinski definition) is 2. The van der Waals surface area contributed by atoms with Crippen LogP contribution in [-0.2, 0) is 0 Å². The molecule has 148 valence electrons. The molecule has 3 aromatic rings. The van der Waals surface area contributed by atoms with Crippen LogP contribution in [-0.4, -0.2) is 44.4 Å². The van der Waals surface area contributed by atoms with Crippen molar-refractivity contribution in [1.29, 1.82) is 0 Å². The number of β-amino-alcohol motifs (C(OH)–C–C–N with tert-alkyl or cyclic N) is 1. The molecular formula is C25H27N3O. The van der Waals surface area contributed by atoms with E-state index in [1.54, 1.807) is 0 Å². The molecule has 4 nitrogen and oxygen atoms in total. The Hall–Kier alpha value is -2.82. The Morgan fingerprint density at radius 2 is 1.38 bits per heavy atom. The molecule has 0 radical (unpaired) electrons. The summed E-state index contributed by atoms with van der Waals surface area (Å²) in [5.41, 5.74) is 7.60. The number of benzene rings is 3. The molecule has 29 heavy (non-hydrogen) atoms. The second-order valence-corrected chi connectivity index (χ2v) is 7.75. The zero-order valence-electron chi connectivity index (χ0n) is 16.6. The standard InChI is InChI=1S/C25H27N3O/c29-18-17-28-23-7-3-1-5-21(23)25(22-6-2-4-8-24(22)28)19-9-11-20(12-10-19)27-15-13-26-14-16-27/h1-12,25-26,29H,13-18H2. The van der Waals surface area contributed by atoms with Crippen LogP contribution in [0.3, 0.4) is 0 Å². The summed E-state index contributed by atoms with van der Waals surface area (Å²) in [4.78, 5) is 4.70. The fourth-order valence-electron chi connectivity index (χ4n) is 4.75. The van der Waals surface area contributed by atoms with Crippen LogP contribution in [0, 0.1) is 0 Å². The number of hydrogen-bond acceptors (Lipinski definition) is 4. The molecule has 1 fully saturated rings. The van der Waals surface area contributed by atoms with E-state index in [1.807, 2.05) is 0 Å². The van der Waals surface area contributed by atoms with Gasteiger partial charge in [0.15, 0.2) is 0 Å². The Balaban J connectivity index is 1.57. The van der Waals surface area contributed by atoms with Gasteiger partial charge in [-0.15, -0.1) is 0 Å². The highest BCUT2D eigenvalue weighted by Gasteiger charge is 2.30. The lowest BCUT2D eigenvalue weighted by Gasteiger charge is -2.38. The largest absolute Gasteiger partial charge is 0.395 e. The maximum Gasteiger partial charge on any atom is 0.0610 e. The molecule has 4 heteroatoms. The Labute approximate surface area is 172 Å². The lowest BCUT2D eigenvalue weighted by Crippen LogP contribution is -2.43. The number of aliphatic hydroxyl groups is 1. The van der Waals surface area contributed by atoms with E-state index in [9.17, 15) is 5.11 Å². The van der Waals surface area contributed by atoms with Crippen LogP contribution in [0.25, 0.3) is 0 Å².